The van der Waals surface area contributed by atoms with Gasteiger partial charge in [0.05, 0.1) is 20.4 Å². The summed E-state index contributed by atoms with van der Waals surface area (Å²) in [5, 5.41) is 7.23. The molecule has 0 unspecified atom stereocenters. The van der Waals surface area contributed by atoms with Gasteiger partial charge in [0.1, 0.15) is 17.3 Å². The highest BCUT2D eigenvalue weighted by molar-refractivity contribution is 7.80. The fraction of sp³-hybridized carbons (Fsp3) is 0.125. The Kier molecular flexibility index (Phi) is 5.87. The van der Waals surface area contributed by atoms with Gasteiger partial charge in [-0.25, -0.2) is 4.39 Å². The SMILES string of the molecule is COc1ccc(OC)c(/C=N/NC(=S)Nc2ccc(F)cc2)c1. The molecule has 2 aromatic rings. The zero-order valence-electron chi connectivity index (χ0n) is 12.7. The number of rotatable bonds is 5. The largest absolute Gasteiger partial charge is 0.497 e. The average Bonchev–Trinajstić information content (AvgIpc) is 2.57. The molecule has 0 fully saturated rings. The molecule has 5 nitrogen and oxygen atoms in total. The van der Waals surface area contributed by atoms with Gasteiger partial charge in [-0.2, -0.15) is 5.10 Å². The van der Waals surface area contributed by atoms with Crippen LogP contribution in [0, 0.1) is 5.82 Å². The van der Waals surface area contributed by atoms with Crippen LogP contribution in [0.4, 0.5) is 10.1 Å². The number of halogens is 1. The van der Waals surface area contributed by atoms with Crippen molar-refractivity contribution in [3.8, 4) is 11.5 Å². The summed E-state index contributed by atoms with van der Waals surface area (Å²) in [6.07, 6.45) is 1.57. The fourth-order valence-corrected chi connectivity index (χ4v) is 1.96. The lowest BCUT2D eigenvalue weighted by Gasteiger charge is -2.08. The number of hydrogen-bond donors (Lipinski definition) is 2. The predicted octanol–water partition coefficient (Wildman–Crippen LogP) is 3.16. The van der Waals surface area contributed by atoms with Crippen molar-refractivity contribution in [1.29, 1.82) is 0 Å². The lowest BCUT2D eigenvalue weighted by atomic mass is 10.2. The van der Waals surface area contributed by atoms with Gasteiger partial charge in [0.25, 0.3) is 0 Å². The summed E-state index contributed by atoms with van der Waals surface area (Å²) in [5.41, 5.74) is 4.09. The van der Waals surface area contributed by atoms with Gasteiger partial charge < -0.3 is 14.8 Å². The van der Waals surface area contributed by atoms with Crippen LogP contribution in [-0.2, 0) is 0 Å². The van der Waals surface area contributed by atoms with E-state index in [2.05, 4.69) is 15.8 Å². The summed E-state index contributed by atoms with van der Waals surface area (Å²) in [4.78, 5) is 0. The van der Waals surface area contributed by atoms with Crippen LogP contribution in [0.3, 0.4) is 0 Å². The minimum absolute atomic E-state index is 0.287. The van der Waals surface area contributed by atoms with Gasteiger partial charge in [-0.15, -0.1) is 0 Å². The van der Waals surface area contributed by atoms with E-state index in [4.69, 9.17) is 21.7 Å². The normalized spacial score (nSPS) is 10.4. The minimum Gasteiger partial charge on any atom is -0.497 e. The highest BCUT2D eigenvalue weighted by Gasteiger charge is 2.03. The quantitative estimate of drug-likeness (QED) is 0.500. The van der Waals surface area contributed by atoms with Gasteiger partial charge in [0, 0.05) is 11.3 Å². The summed E-state index contributed by atoms with van der Waals surface area (Å²) in [5.74, 6) is 1.05. The summed E-state index contributed by atoms with van der Waals surface area (Å²) >= 11 is 5.11. The van der Waals surface area contributed by atoms with E-state index in [1.807, 2.05) is 0 Å². The third-order valence-electron chi connectivity index (χ3n) is 2.91. The number of hydrogen-bond acceptors (Lipinski definition) is 4. The molecule has 0 spiro atoms. The first-order valence-electron chi connectivity index (χ1n) is 6.70. The molecule has 2 aromatic carbocycles. The Balaban J connectivity index is 1.98. The number of nitrogens with one attached hydrogen (secondary N) is 2. The molecule has 0 aliphatic heterocycles. The second-order valence-electron chi connectivity index (χ2n) is 4.44. The molecule has 0 aliphatic carbocycles. The Bertz CT molecular complexity index is 705. The van der Waals surface area contributed by atoms with Gasteiger partial charge in [-0.1, -0.05) is 0 Å². The van der Waals surface area contributed by atoms with Crippen LogP contribution in [-0.4, -0.2) is 25.5 Å². The van der Waals surface area contributed by atoms with Gasteiger partial charge in [-0.05, 0) is 54.7 Å². The Morgan fingerprint density at radius 3 is 2.52 bits per heavy atom. The first kappa shape index (κ1) is 16.7. The van der Waals surface area contributed by atoms with E-state index in [1.54, 1.807) is 50.8 Å². The van der Waals surface area contributed by atoms with Crippen molar-refractivity contribution in [1.82, 2.24) is 5.43 Å². The maximum absolute atomic E-state index is 12.8. The van der Waals surface area contributed by atoms with Crippen LogP contribution in [0.15, 0.2) is 47.6 Å². The van der Waals surface area contributed by atoms with E-state index in [9.17, 15) is 4.39 Å². The van der Waals surface area contributed by atoms with E-state index >= 15 is 0 Å². The third-order valence-corrected chi connectivity index (χ3v) is 3.10. The molecular weight excluding hydrogens is 317 g/mol. The number of methoxy groups -OCH3 is 2. The number of benzene rings is 2. The summed E-state index contributed by atoms with van der Waals surface area (Å²) in [6.45, 7) is 0. The van der Waals surface area contributed by atoms with Crippen LogP contribution < -0.4 is 20.2 Å². The van der Waals surface area contributed by atoms with Gasteiger partial charge in [0.2, 0.25) is 0 Å². The number of hydrazone groups is 1. The maximum atomic E-state index is 12.8. The van der Waals surface area contributed by atoms with Crippen LogP contribution in [0.5, 0.6) is 11.5 Å². The van der Waals surface area contributed by atoms with E-state index in [1.165, 1.54) is 12.1 Å². The van der Waals surface area contributed by atoms with Crippen molar-refractivity contribution in [2.75, 3.05) is 19.5 Å². The molecule has 2 rings (SSSR count). The highest BCUT2D eigenvalue weighted by Crippen LogP contribution is 2.22. The van der Waals surface area contributed by atoms with Crippen LogP contribution in [0.1, 0.15) is 5.56 Å². The molecule has 7 heteroatoms. The van der Waals surface area contributed by atoms with Crippen molar-refractivity contribution in [2.45, 2.75) is 0 Å². The predicted molar refractivity (Wildman–Crippen MR) is 92.9 cm³/mol. The lowest BCUT2D eigenvalue weighted by molar-refractivity contribution is 0.402. The zero-order chi connectivity index (χ0) is 16.7. The zero-order valence-corrected chi connectivity index (χ0v) is 13.5. The first-order chi connectivity index (χ1) is 11.1. The van der Waals surface area contributed by atoms with E-state index in [0.29, 0.717) is 17.2 Å². The van der Waals surface area contributed by atoms with Crippen molar-refractivity contribution in [3.63, 3.8) is 0 Å². The summed E-state index contributed by atoms with van der Waals surface area (Å²) < 4.78 is 23.2. The van der Waals surface area contributed by atoms with E-state index in [0.717, 1.165) is 5.56 Å². The Morgan fingerprint density at radius 1 is 1.13 bits per heavy atom. The van der Waals surface area contributed by atoms with Crippen molar-refractivity contribution in [2.24, 2.45) is 5.10 Å². The number of ether oxygens (including phenoxy) is 2. The second-order valence-corrected chi connectivity index (χ2v) is 4.85. The van der Waals surface area contributed by atoms with Crippen LogP contribution >= 0.6 is 12.2 Å². The Hall–Kier alpha value is -2.67. The van der Waals surface area contributed by atoms with Crippen LogP contribution in [0.2, 0.25) is 0 Å². The van der Waals surface area contributed by atoms with Crippen molar-refractivity contribution in [3.05, 3.63) is 53.8 Å². The Morgan fingerprint density at radius 2 is 1.87 bits per heavy atom. The van der Waals surface area contributed by atoms with Gasteiger partial charge >= 0.3 is 0 Å². The lowest BCUT2D eigenvalue weighted by Crippen LogP contribution is -2.23. The first-order valence-corrected chi connectivity index (χ1v) is 7.11. The standard InChI is InChI=1S/C16H16FN3O2S/c1-21-14-7-8-15(22-2)11(9-14)10-18-20-16(23)19-13-5-3-12(17)4-6-13/h3-10H,1-2H3,(H2,19,20,23)/b18-10+. The molecule has 0 saturated carbocycles. The van der Waals surface area contributed by atoms with Gasteiger partial charge in [-0.3, -0.25) is 5.43 Å². The second kappa shape index (κ2) is 8.09. The van der Waals surface area contributed by atoms with Gasteiger partial charge in [0.15, 0.2) is 5.11 Å². The molecule has 23 heavy (non-hydrogen) atoms. The molecule has 0 saturated heterocycles. The van der Waals surface area contributed by atoms with E-state index in [-0.39, 0.29) is 10.9 Å². The molecule has 0 heterocycles. The molecule has 0 amide bonds. The topological polar surface area (TPSA) is 54.9 Å². The minimum atomic E-state index is -0.308. The average molecular weight is 333 g/mol. The number of nitrogens with zero attached hydrogens (tertiary/aromatic N) is 1. The molecular formula is C16H16FN3O2S. The van der Waals surface area contributed by atoms with Crippen molar-refractivity contribution >= 4 is 29.2 Å². The fourth-order valence-electron chi connectivity index (χ4n) is 1.79. The molecule has 0 bridgehead atoms. The monoisotopic (exact) mass is 333 g/mol. The molecule has 0 aromatic heterocycles. The summed E-state index contributed by atoms with van der Waals surface area (Å²) in [7, 11) is 3.16. The highest BCUT2D eigenvalue weighted by atomic mass is 32.1. The number of anilines is 1. The maximum Gasteiger partial charge on any atom is 0.191 e. The smallest absolute Gasteiger partial charge is 0.191 e. The molecule has 0 radical (unpaired) electrons. The molecule has 0 atom stereocenters. The molecule has 2 N–H and O–H groups in total. The molecule has 0 aliphatic rings. The number of thiocarbonyl (C=S) groups is 1. The molecule has 120 valence electrons. The van der Waals surface area contributed by atoms with E-state index < -0.39 is 0 Å². The van der Waals surface area contributed by atoms with Crippen molar-refractivity contribution < 1.29 is 13.9 Å². The van der Waals surface area contributed by atoms with Crippen LogP contribution in [0.25, 0.3) is 0 Å². The Labute approximate surface area is 139 Å². The summed E-state index contributed by atoms with van der Waals surface area (Å²) in [6, 6.07) is 11.2. The third kappa shape index (κ3) is 4.93.